The summed E-state index contributed by atoms with van der Waals surface area (Å²) in [5.74, 6) is 1.07. The summed E-state index contributed by atoms with van der Waals surface area (Å²) in [6.45, 7) is 3.11. The number of piperidine rings is 1. The third-order valence-corrected chi connectivity index (χ3v) is 4.07. The van der Waals surface area contributed by atoms with Crippen molar-refractivity contribution in [3.63, 3.8) is 0 Å². The van der Waals surface area contributed by atoms with E-state index in [1.54, 1.807) is 6.20 Å². The fraction of sp³-hybridized carbons (Fsp3) is 0.600. The summed E-state index contributed by atoms with van der Waals surface area (Å²) in [4.78, 5) is 18.8. The predicted octanol–water partition coefficient (Wildman–Crippen LogP) is 2.61. The normalized spacial score (nSPS) is 20.7. The van der Waals surface area contributed by atoms with Gasteiger partial charge in [-0.05, 0) is 44.4 Å². The first kappa shape index (κ1) is 19.0. The van der Waals surface area contributed by atoms with Gasteiger partial charge in [-0.15, -0.1) is 24.8 Å². The molecule has 3 heterocycles. The van der Waals surface area contributed by atoms with Crippen molar-refractivity contribution < 1.29 is 4.79 Å². The van der Waals surface area contributed by atoms with Crippen LogP contribution >= 0.6 is 24.8 Å². The Labute approximate surface area is 144 Å². The zero-order valence-corrected chi connectivity index (χ0v) is 14.2. The summed E-state index contributed by atoms with van der Waals surface area (Å²) in [7, 11) is 0. The molecule has 124 valence electrons. The Bertz CT molecular complexity index is 457. The van der Waals surface area contributed by atoms with Crippen molar-refractivity contribution in [2.24, 2.45) is 0 Å². The number of aromatic nitrogens is 1. The molecule has 1 atom stereocenters. The van der Waals surface area contributed by atoms with Gasteiger partial charge in [0.05, 0.1) is 17.9 Å². The molecule has 22 heavy (non-hydrogen) atoms. The number of nitrogens with one attached hydrogen (secondary N) is 2. The van der Waals surface area contributed by atoms with Crippen LogP contribution < -0.4 is 15.5 Å². The van der Waals surface area contributed by atoms with E-state index in [-0.39, 0.29) is 36.8 Å². The van der Waals surface area contributed by atoms with Gasteiger partial charge < -0.3 is 15.5 Å². The van der Waals surface area contributed by atoms with Crippen LogP contribution in [0.15, 0.2) is 18.3 Å². The van der Waals surface area contributed by atoms with Crippen molar-refractivity contribution in [1.29, 1.82) is 0 Å². The van der Waals surface area contributed by atoms with Crippen LogP contribution in [0.3, 0.4) is 0 Å². The van der Waals surface area contributed by atoms with Gasteiger partial charge in [-0.1, -0.05) is 6.42 Å². The summed E-state index contributed by atoms with van der Waals surface area (Å²) in [5, 5.41) is 6.20. The van der Waals surface area contributed by atoms with Crippen molar-refractivity contribution in [3.05, 3.63) is 18.3 Å². The molecule has 0 aliphatic carbocycles. The summed E-state index contributed by atoms with van der Waals surface area (Å²) >= 11 is 0. The number of hydrogen-bond donors (Lipinski definition) is 2. The van der Waals surface area contributed by atoms with Crippen molar-refractivity contribution in [3.8, 4) is 0 Å². The largest absolute Gasteiger partial charge is 0.357 e. The molecule has 1 unspecified atom stereocenters. The Morgan fingerprint density at radius 1 is 1.18 bits per heavy atom. The Morgan fingerprint density at radius 3 is 2.55 bits per heavy atom. The lowest BCUT2D eigenvalue weighted by Gasteiger charge is -2.22. The van der Waals surface area contributed by atoms with E-state index in [1.807, 2.05) is 12.1 Å². The maximum absolute atomic E-state index is 12.1. The lowest BCUT2D eigenvalue weighted by atomic mass is 10.0. The number of rotatable bonds is 3. The number of pyridine rings is 1. The van der Waals surface area contributed by atoms with Crippen molar-refractivity contribution in [2.75, 3.05) is 29.9 Å². The zero-order valence-electron chi connectivity index (χ0n) is 12.6. The third-order valence-electron chi connectivity index (χ3n) is 4.07. The highest BCUT2D eigenvalue weighted by Gasteiger charge is 2.20. The van der Waals surface area contributed by atoms with E-state index >= 15 is 0 Å². The highest BCUT2D eigenvalue weighted by molar-refractivity contribution is 5.94. The minimum absolute atomic E-state index is 0. The molecule has 0 spiro atoms. The Hall–Kier alpha value is -1.04. The van der Waals surface area contributed by atoms with E-state index in [0.717, 1.165) is 50.4 Å². The first-order valence-corrected chi connectivity index (χ1v) is 7.58. The van der Waals surface area contributed by atoms with E-state index in [1.165, 1.54) is 12.8 Å². The average Bonchev–Trinajstić information content (AvgIpc) is 3.03. The lowest BCUT2D eigenvalue weighted by Crippen LogP contribution is -2.43. The number of halogens is 2. The highest BCUT2D eigenvalue weighted by atomic mass is 35.5. The van der Waals surface area contributed by atoms with Crippen LogP contribution in [0.2, 0.25) is 0 Å². The molecule has 2 fully saturated rings. The van der Waals surface area contributed by atoms with Crippen LogP contribution in [0.1, 0.15) is 32.1 Å². The maximum Gasteiger partial charge on any atom is 0.241 e. The monoisotopic (exact) mass is 346 g/mol. The molecular weight excluding hydrogens is 323 g/mol. The molecule has 3 rings (SSSR count). The molecule has 2 aliphatic rings. The van der Waals surface area contributed by atoms with Crippen molar-refractivity contribution >= 4 is 42.2 Å². The van der Waals surface area contributed by atoms with Crippen molar-refractivity contribution in [1.82, 2.24) is 10.3 Å². The van der Waals surface area contributed by atoms with Gasteiger partial charge in [-0.25, -0.2) is 4.98 Å². The van der Waals surface area contributed by atoms with Crippen LogP contribution in [0.4, 0.5) is 11.5 Å². The first-order chi connectivity index (χ1) is 9.83. The molecule has 5 nitrogen and oxygen atoms in total. The fourth-order valence-corrected chi connectivity index (χ4v) is 2.90. The topological polar surface area (TPSA) is 57.3 Å². The molecule has 2 aliphatic heterocycles. The van der Waals surface area contributed by atoms with E-state index in [0.29, 0.717) is 0 Å². The quantitative estimate of drug-likeness (QED) is 0.883. The highest BCUT2D eigenvalue weighted by Crippen LogP contribution is 2.19. The minimum Gasteiger partial charge on any atom is -0.357 e. The van der Waals surface area contributed by atoms with Gasteiger partial charge in [-0.2, -0.15) is 0 Å². The second kappa shape index (κ2) is 9.18. The number of nitrogens with zero attached hydrogens (tertiary/aromatic N) is 2. The van der Waals surface area contributed by atoms with Crippen LogP contribution in [-0.2, 0) is 4.79 Å². The SMILES string of the molecule is Cl.Cl.O=C(Nc1ccc(N2CCCC2)nc1)C1CCCCN1. The molecule has 1 amide bonds. The van der Waals surface area contributed by atoms with Crippen LogP contribution in [-0.4, -0.2) is 36.6 Å². The molecule has 1 aromatic heterocycles. The van der Waals surface area contributed by atoms with Gasteiger partial charge in [0.1, 0.15) is 5.82 Å². The van der Waals surface area contributed by atoms with E-state index in [2.05, 4.69) is 20.5 Å². The Balaban J connectivity index is 0.00000121. The smallest absolute Gasteiger partial charge is 0.241 e. The van der Waals surface area contributed by atoms with E-state index in [9.17, 15) is 4.79 Å². The van der Waals surface area contributed by atoms with Crippen LogP contribution in [0, 0.1) is 0 Å². The average molecular weight is 347 g/mol. The van der Waals surface area contributed by atoms with Gasteiger partial charge in [0.15, 0.2) is 0 Å². The van der Waals surface area contributed by atoms with Gasteiger partial charge in [0.25, 0.3) is 0 Å². The minimum atomic E-state index is -0.0537. The summed E-state index contributed by atoms with van der Waals surface area (Å²) in [6, 6.07) is 3.89. The standard InChI is InChI=1S/C15H22N4O.2ClH/c20-15(13-5-1-2-8-16-13)18-12-6-7-14(17-11-12)19-9-3-4-10-19;;/h6-7,11,13,16H,1-5,8-10H2,(H,18,20);2*1H. The van der Waals surface area contributed by atoms with Crippen molar-refractivity contribution in [2.45, 2.75) is 38.1 Å². The maximum atomic E-state index is 12.1. The molecule has 0 aromatic carbocycles. The Morgan fingerprint density at radius 2 is 1.95 bits per heavy atom. The molecule has 0 saturated carbocycles. The molecule has 1 aromatic rings. The first-order valence-electron chi connectivity index (χ1n) is 7.58. The van der Waals surface area contributed by atoms with Gasteiger partial charge in [0, 0.05) is 13.1 Å². The van der Waals surface area contributed by atoms with Gasteiger partial charge >= 0.3 is 0 Å². The molecule has 0 radical (unpaired) electrons. The van der Waals surface area contributed by atoms with E-state index in [4.69, 9.17) is 0 Å². The third kappa shape index (κ3) is 4.73. The molecule has 2 saturated heterocycles. The summed E-state index contributed by atoms with van der Waals surface area (Å²) in [6.07, 6.45) is 7.45. The zero-order chi connectivity index (χ0) is 13.8. The molecule has 0 bridgehead atoms. The lowest BCUT2D eigenvalue weighted by molar-refractivity contribution is -0.118. The number of anilines is 2. The molecular formula is C15H24Cl2N4O. The van der Waals surface area contributed by atoms with E-state index < -0.39 is 0 Å². The number of carbonyl (C=O) groups is 1. The Kier molecular flexibility index (Phi) is 7.93. The second-order valence-corrected chi connectivity index (χ2v) is 5.59. The summed E-state index contributed by atoms with van der Waals surface area (Å²) < 4.78 is 0. The van der Waals surface area contributed by atoms with Gasteiger partial charge in [-0.3, -0.25) is 4.79 Å². The second-order valence-electron chi connectivity index (χ2n) is 5.59. The van der Waals surface area contributed by atoms with Crippen LogP contribution in [0.5, 0.6) is 0 Å². The van der Waals surface area contributed by atoms with Gasteiger partial charge in [0.2, 0.25) is 5.91 Å². The van der Waals surface area contributed by atoms with Crippen LogP contribution in [0.25, 0.3) is 0 Å². The summed E-state index contributed by atoms with van der Waals surface area (Å²) in [5.41, 5.74) is 0.783. The number of hydrogen-bond acceptors (Lipinski definition) is 4. The molecule has 2 N–H and O–H groups in total. The number of amides is 1. The predicted molar refractivity (Wildman–Crippen MR) is 94.5 cm³/mol. The number of carbonyl (C=O) groups excluding carboxylic acids is 1. The molecule has 7 heteroatoms. The fourth-order valence-electron chi connectivity index (χ4n) is 2.90.